The lowest BCUT2D eigenvalue weighted by Gasteiger charge is -2.14. The lowest BCUT2D eigenvalue weighted by molar-refractivity contribution is -0.384. The summed E-state index contributed by atoms with van der Waals surface area (Å²) in [5, 5.41) is 11.2. The summed E-state index contributed by atoms with van der Waals surface area (Å²) in [5.74, 6) is 1.86. The van der Waals surface area contributed by atoms with Crippen molar-refractivity contribution in [3.8, 4) is 23.0 Å². The molecule has 6 nitrogen and oxygen atoms in total. The predicted molar refractivity (Wildman–Crippen MR) is 128 cm³/mol. The van der Waals surface area contributed by atoms with Crippen molar-refractivity contribution in [1.82, 2.24) is 0 Å². The number of methoxy groups -OCH3 is 1. The Morgan fingerprint density at radius 3 is 2.44 bits per heavy atom. The van der Waals surface area contributed by atoms with E-state index in [1.54, 1.807) is 18.2 Å². The maximum atomic E-state index is 12.6. The van der Waals surface area contributed by atoms with Crippen LogP contribution in [-0.4, -0.2) is 38.0 Å². The summed E-state index contributed by atoms with van der Waals surface area (Å²) in [5.41, 5.74) is 4.33. The number of nitrogens with zero attached hydrogens (tertiary/aromatic N) is 1. The summed E-state index contributed by atoms with van der Waals surface area (Å²) in [6.07, 6.45) is -4.38. The van der Waals surface area contributed by atoms with Crippen LogP contribution < -0.4 is 4.74 Å². The number of thioether (sulfide) groups is 1. The third-order valence-electron chi connectivity index (χ3n) is 4.19. The van der Waals surface area contributed by atoms with Gasteiger partial charge in [-0.2, -0.15) is 13.2 Å². The Bertz CT molecular complexity index is 1120. The van der Waals surface area contributed by atoms with Gasteiger partial charge in [-0.05, 0) is 23.8 Å². The number of non-ortho nitro benzene ring substituents is 1. The van der Waals surface area contributed by atoms with Crippen molar-refractivity contribution in [3.05, 3.63) is 63.2 Å². The number of alkyl halides is 3. The van der Waals surface area contributed by atoms with Crippen LogP contribution in [0.1, 0.15) is 16.7 Å². The van der Waals surface area contributed by atoms with Crippen molar-refractivity contribution in [1.29, 1.82) is 0 Å². The molecule has 0 aliphatic rings. The maximum absolute atomic E-state index is 12.6. The number of rotatable bonds is 8. The van der Waals surface area contributed by atoms with Gasteiger partial charge in [-0.3, -0.25) is 14.9 Å². The Balaban J connectivity index is 2.48. The van der Waals surface area contributed by atoms with E-state index in [0.717, 1.165) is 0 Å². The van der Waals surface area contributed by atoms with E-state index in [1.165, 1.54) is 25.3 Å². The molecule has 2 rings (SSSR count). The first-order valence-electron chi connectivity index (χ1n) is 10.1. The zero-order chi connectivity index (χ0) is 25.5. The summed E-state index contributed by atoms with van der Waals surface area (Å²) in [6.45, 7) is 6.20. The highest BCUT2D eigenvalue weighted by Gasteiger charge is 2.27. The molecule has 0 aliphatic carbocycles. The molecule has 0 N–H and O–H groups in total. The van der Waals surface area contributed by atoms with E-state index in [-0.39, 0.29) is 29.2 Å². The Morgan fingerprint density at radius 1 is 1.15 bits per heavy atom. The molecular formula is C23H24F3NO5SSi. The largest absolute Gasteiger partial charge is 0.469 e. The average molecular weight is 512 g/mol. The first-order chi connectivity index (χ1) is 15.8. The van der Waals surface area contributed by atoms with Crippen LogP contribution in [0.4, 0.5) is 18.9 Å². The molecule has 2 aromatic rings. The van der Waals surface area contributed by atoms with Crippen molar-refractivity contribution < 1.29 is 32.4 Å². The van der Waals surface area contributed by atoms with Gasteiger partial charge in [0.25, 0.3) is 5.69 Å². The van der Waals surface area contributed by atoms with E-state index in [1.807, 2.05) is 0 Å². The number of esters is 1. The molecule has 0 atom stereocenters. The van der Waals surface area contributed by atoms with E-state index in [2.05, 4.69) is 31.1 Å². The Labute approximate surface area is 201 Å². The van der Waals surface area contributed by atoms with Crippen molar-refractivity contribution in [2.45, 2.75) is 38.0 Å². The molecule has 2 aromatic carbocycles. The number of carbonyl (C=O) groups is 1. The number of hydrogen-bond acceptors (Lipinski definition) is 6. The van der Waals surface area contributed by atoms with Crippen LogP contribution in [0.3, 0.4) is 0 Å². The minimum Gasteiger partial charge on any atom is -0.469 e. The second-order valence-corrected chi connectivity index (χ2v) is 14.1. The van der Waals surface area contributed by atoms with Crippen molar-refractivity contribution >= 4 is 31.5 Å². The van der Waals surface area contributed by atoms with Crippen LogP contribution >= 0.6 is 11.8 Å². The number of ether oxygens (including phenoxy) is 2. The van der Waals surface area contributed by atoms with E-state index < -0.39 is 30.9 Å². The van der Waals surface area contributed by atoms with Gasteiger partial charge < -0.3 is 9.47 Å². The number of hydrogen-bond donors (Lipinski definition) is 0. The molecule has 0 aromatic heterocycles. The Morgan fingerprint density at radius 2 is 1.85 bits per heavy atom. The van der Waals surface area contributed by atoms with Crippen LogP contribution in [0, 0.1) is 21.6 Å². The van der Waals surface area contributed by atoms with Crippen LogP contribution in [0.2, 0.25) is 19.6 Å². The minimum absolute atomic E-state index is 0.0108. The highest BCUT2D eigenvalue weighted by Crippen LogP contribution is 2.34. The van der Waals surface area contributed by atoms with E-state index in [9.17, 15) is 28.1 Å². The van der Waals surface area contributed by atoms with Gasteiger partial charge in [0, 0.05) is 23.4 Å². The fraction of sp³-hybridized carbons (Fsp3) is 0.348. The topological polar surface area (TPSA) is 78.7 Å². The standard InChI is InChI=1S/C23H24F3NO5SSi/c1-31-22(28)12-16-5-6-17(9-10-34(2,3)4)21(11-16)32-20-8-7-19(27(29)30)13-18(20)14-33-15-23(24,25)26/h5-8,11,13H,12,14-15H2,1-4H3. The zero-order valence-electron chi connectivity index (χ0n) is 19.1. The van der Waals surface area contributed by atoms with Gasteiger partial charge in [0.05, 0.1) is 29.8 Å². The van der Waals surface area contributed by atoms with Crippen molar-refractivity contribution in [2.75, 3.05) is 12.9 Å². The molecule has 0 amide bonds. The van der Waals surface area contributed by atoms with Gasteiger partial charge in [0.15, 0.2) is 0 Å². The van der Waals surface area contributed by atoms with Gasteiger partial charge >= 0.3 is 12.1 Å². The third kappa shape index (κ3) is 9.11. The summed E-state index contributed by atoms with van der Waals surface area (Å²) in [4.78, 5) is 22.3. The van der Waals surface area contributed by atoms with Gasteiger partial charge in [0.1, 0.15) is 19.6 Å². The molecule has 0 spiro atoms. The number of nitro benzene ring substituents is 1. The summed E-state index contributed by atoms with van der Waals surface area (Å²) in [7, 11) is -0.470. The highest BCUT2D eigenvalue weighted by atomic mass is 32.2. The molecule has 0 bridgehead atoms. The summed E-state index contributed by atoms with van der Waals surface area (Å²) < 4.78 is 48.6. The number of halogens is 3. The quantitative estimate of drug-likeness (QED) is 0.140. The Hall–Kier alpha value is -2.97. The average Bonchev–Trinajstić information content (AvgIpc) is 2.72. The molecular weight excluding hydrogens is 487 g/mol. The predicted octanol–water partition coefficient (Wildman–Crippen LogP) is 6.13. The molecule has 0 heterocycles. The molecule has 11 heteroatoms. The van der Waals surface area contributed by atoms with Gasteiger partial charge in [0.2, 0.25) is 0 Å². The number of nitro groups is 1. The van der Waals surface area contributed by atoms with E-state index in [0.29, 0.717) is 28.6 Å². The summed E-state index contributed by atoms with van der Waals surface area (Å²) in [6, 6.07) is 8.80. The molecule has 0 saturated carbocycles. The van der Waals surface area contributed by atoms with Gasteiger partial charge in [-0.25, -0.2) is 0 Å². The van der Waals surface area contributed by atoms with Crippen LogP contribution in [0.25, 0.3) is 0 Å². The normalized spacial score (nSPS) is 11.4. The fourth-order valence-electron chi connectivity index (χ4n) is 2.65. The lowest BCUT2D eigenvalue weighted by Crippen LogP contribution is -2.16. The molecule has 0 unspecified atom stereocenters. The molecule has 0 saturated heterocycles. The smallest absolute Gasteiger partial charge is 0.397 e. The molecule has 0 fully saturated rings. The highest BCUT2D eigenvalue weighted by molar-refractivity contribution is 7.98. The van der Waals surface area contributed by atoms with Gasteiger partial charge in [-0.1, -0.05) is 31.6 Å². The van der Waals surface area contributed by atoms with E-state index >= 15 is 0 Å². The number of benzene rings is 2. The number of carbonyl (C=O) groups excluding carboxylic acids is 1. The second kappa shape index (κ2) is 11.4. The Kier molecular flexibility index (Phi) is 9.18. The zero-order valence-corrected chi connectivity index (χ0v) is 20.9. The monoisotopic (exact) mass is 511 g/mol. The lowest BCUT2D eigenvalue weighted by atomic mass is 10.1. The second-order valence-electron chi connectivity index (χ2n) is 8.34. The van der Waals surface area contributed by atoms with Crippen LogP contribution in [0.5, 0.6) is 11.5 Å². The molecule has 0 radical (unpaired) electrons. The van der Waals surface area contributed by atoms with Crippen LogP contribution in [-0.2, 0) is 21.7 Å². The molecule has 34 heavy (non-hydrogen) atoms. The minimum atomic E-state index is -4.37. The molecule has 182 valence electrons. The van der Waals surface area contributed by atoms with Gasteiger partial charge in [-0.15, -0.1) is 17.3 Å². The first kappa shape index (κ1) is 27.3. The SMILES string of the molecule is COC(=O)Cc1ccc(C#C[Si](C)(C)C)c(Oc2ccc([N+](=O)[O-])cc2CSCC(F)(F)F)c1. The first-order valence-corrected chi connectivity index (χ1v) is 14.8. The third-order valence-corrected chi connectivity index (χ3v) is 6.11. The van der Waals surface area contributed by atoms with Crippen molar-refractivity contribution in [2.24, 2.45) is 0 Å². The fourth-order valence-corrected chi connectivity index (χ4v) is 3.93. The maximum Gasteiger partial charge on any atom is 0.397 e. The molecule has 0 aliphatic heterocycles. The van der Waals surface area contributed by atoms with Crippen LogP contribution in [0.15, 0.2) is 36.4 Å². The van der Waals surface area contributed by atoms with E-state index in [4.69, 9.17) is 9.47 Å². The summed E-state index contributed by atoms with van der Waals surface area (Å²) >= 11 is 0.580. The van der Waals surface area contributed by atoms with Crippen molar-refractivity contribution in [3.63, 3.8) is 0 Å².